The molecule has 1 aromatic heterocycles. The van der Waals surface area contributed by atoms with E-state index in [1.165, 1.54) is 19.2 Å². The van der Waals surface area contributed by atoms with Crippen LogP contribution in [-0.2, 0) is 10.9 Å². The van der Waals surface area contributed by atoms with Gasteiger partial charge in [-0.1, -0.05) is 27.5 Å². The fourth-order valence-electron chi connectivity index (χ4n) is 1.65. The van der Waals surface area contributed by atoms with E-state index in [9.17, 15) is 18.0 Å². The molecule has 2 aromatic rings. The lowest BCUT2D eigenvalue weighted by Gasteiger charge is -2.11. The van der Waals surface area contributed by atoms with Gasteiger partial charge in [-0.15, -0.1) is 0 Å². The van der Waals surface area contributed by atoms with Crippen LogP contribution in [0.2, 0.25) is 5.02 Å². The number of furan rings is 1. The molecule has 2 rings (SSSR count). The van der Waals surface area contributed by atoms with Crippen LogP contribution in [0.4, 0.5) is 13.2 Å². The molecule has 112 valence electrons. The Morgan fingerprint density at radius 1 is 1.33 bits per heavy atom. The largest absolute Gasteiger partial charge is 0.463 e. The summed E-state index contributed by atoms with van der Waals surface area (Å²) in [5.74, 6) is -0.816. The zero-order valence-electron chi connectivity index (χ0n) is 10.4. The average Bonchev–Trinajstić information content (AvgIpc) is 2.85. The molecule has 0 unspecified atom stereocenters. The molecule has 8 heteroatoms. The number of benzene rings is 1. The van der Waals surface area contributed by atoms with E-state index >= 15 is 0 Å². The number of hydrogen-bond acceptors (Lipinski definition) is 3. The highest BCUT2D eigenvalue weighted by molar-refractivity contribution is 9.10. The molecule has 0 atom stereocenters. The predicted octanol–water partition coefficient (Wildman–Crippen LogP) is 5.17. The van der Waals surface area contributed by atoms with Crippen molar-refractivity contribution in [2.45, 2.75) is 6.18 Å². The van der Waals surface area contributed by atoms with Crippen molar-refractivity contribution >= 4 is 33.5 Å². The molecule has 0 saturated carbocycles. The molecule has 3 nitrogen and oxygen atoms in total. The molecule has 0 amide bonds. The summed E-state index contributed by atoms with van der Waals surface area (Å²) in [6.45, 7) is 0. The van der Waals surface area contributed by atoms with Gasteiger partial charge in [-0.05, 0) is 24.3 Å². The van der Waals surface area contributed by atoms with Crippen molar-refractivity contribution in [1.29, 1.82) is 0 Å². The van der Waals surface area contributed by atoms with Crippen molar-refractivity contribution in [2.75, 3.05) is 7.11 Å². The molecule has 0 N–H and O–H groups in total. The minimum Gasteiger partial charge on any atom is -0.463 e. The van der Waals surface area contributed by atoms with Gasteiger partial charge in [0.2, 0.25) is 5.76 Å². The van der Waals surface area contributed by atoms with Crippen LogP contribution in [0, 0.1) is 0 Å². The van der Waals surface area contributed by atoms with Gasteiger partial charge >= 0.3 is 12.1 Å². The van der Waals surface area contributed by atoms with Gasteiger partial charge in [-0.3, -0.25) is 0 Å². The van der Waals surface area contributed by atoms with Gasteiger partial charge in [0.15, 0.2) is 0 Å². The quantitative estimate of drug-likeness (QED) is 0.672. The molecular weight excluding hydrogens is 376 g/mol. The zero-order valence-corrected chi connectivity index (χ0v) is 12.8. The lowest BCUT2D eigenvalue weighted by molar-refractivity contribution is -0.138. The van der Waals surface area contributed by atoms with Crippen LogP contribution in [0.15, 0.2) is 33.2 Å². The van der Waals surface area contributed by atoms with Crippen molar-refractivity contribution < 1.29 is 27.1 Å². The van der Waals surface area contributed by atoms with E-state index in [2.05, 4.69) is 20.7 Å². The first-order chi connectivity index (χ1) is 9.74. The number of alkyl halides is 3. The van der Waals surface area contributed by atoms with Crippen LogP contribution in [0.5, 0.6) is 0 Å². The average molecular weight is 384 g/mol. The van der Waals surface area contributed by atoms with E-state index < -0.39 is 17.7 Å². The Hall–Kier alpha value is -1.47. The molecule has 0 aliphatic rings. The van der Waals surface area contributed by atoms with Gasteiger partial charge in [0.25, 0.3) is 0 Å². The second-order valence-electron chi connectivity index (χ2n) is 3.97. The van der Waals surface area contributed by atoms with Crippen molar-refractivity contribution in [3.05, 3.63) is 45.1 Å². The SMILES string of the molecule is COC(=O)c1ccc(-c2cc(C(F)(F)F)c(Br)cc2Cl)o1. The summed E-state index contributed by atoms with van der Waals surface area (Å²) in [7, 11) is 1.17. The number of halogens is 5. The number of carbonyl (C=O) groups is 1. The zero-order chi connectivity index (χ0) is 15.8. The first-order valence-corrected chi connectivity index (χ1v) is 6.66. The Morgan fingerprint density at radius 2 is 2.00 bits per heavy atom. The van der Waals surface area contributed by atoms with E-state index in [-0.39, 0.29) is 26.6 Å². The third-order valence-corrected chi connectivity index (χ3v) is 3.59. The summed E-state index contributed by atoms with van der Waals surface area (Å²) in [4.78, 5) is 11.3. The maximum Gasteiger partial charge on any atom is 0.417 e. The molecule has 21 heavy (non-hydrogen) atoms. The van der Waals surface area contributed by atoms with E-state index in [1.54, 1.807) is 0 Å². The molecule has 0 aliphatic carbocycles. The number of methoxy groups -OCH3 is 1. The normalized spacial score (nSPS) is 11.5. The summed E-state index contributed by atoms with van der Waals surface area (Å²) in [6, 6.07) is 4.63. The van der Waals surface area contributed by atoms with E-state index in [0.717, 1.165) is 12.1 Å². The molecule has 0 saturated heterocycles. The number of ether oxygens (including phenoxy) is 1. The smallest absolute Gasteiger partial charge is 0.417 e. The molecule has 0 fully saturated rings. The molecular formula is C13H7BrClF3O3. The maximum absolute atomic E-state index is 12.9. The van der Waals surface area contributed by atoms with Crippen molar-refractivity contribution in [3.63, 3.8) is 0 Å². The molecule has 1 heterocycles. The van der Waals surface area contributed by atoms with Crippen molar-refractivity contribution in [3.8, 4) is 11.3 Å². The highest BCUT2D eigenvalue weighted by Gasteiger charge is 2.34. The topological polar surface area (TPSA) is 39.4 Å². The predicted molar refractivity (Wildman–Crippen MR) is 73.2 cm³/mol. The standard InChI is InChI=1S/C13H7BrClF3O3/c1-20-12(19)11-3-2-10(21-11)6-4-7(13(16,17)18)8(14)5-9(6)15/h2-5H,1H3. The number of carbonyl (C=O) groups excluding carboxylic acids is 1. The van der Waals surface area contributed by atoms with Crippen LogP contribution >= 0.6 is 27.5 Å². The van der Waals surface area contributed by atoms with E-state index in [0.29, 0.717) is 0 Å². The first-order valence-electron chi connectivity index (χ1n) is 5.49. The monoisotopic (exact) mass is 382 g/mol. The third-order valence-electron chi connectivity index (χ3n) is 2.62. The Labute approximate surface area is 130 Å². The Morgan fingerprint density at radius 3 is 2.57 bits per heavy atom. The van der Waals surface area contributed by atoms with Gasteiger partial charge in [0.05, 0.1) is 17.7 Å². The van der Waals surface area contributed by atoms with Crippen molar-refractivity contribution in [2.24, 2.45) is 0 Å². The summed E-state index contributed by atoms with van der Waals surface area (Å²) >= 11 is 8.76. The summed E-state index contributed by atoms with van der Waals surface area (Å²) in [5, 5.41) is 0.0561. The summed E-state index contributed by atoms with van der Waals surface area (Å²) < 4.78 is 48.1. The Balaban J connectivity index is 2.54. The van der Waals surface area contributed by atoms with Crippen LogP contribution in [0.1, 0.15) is 16.1 Å². The molecule has 0 aliphatic heterocycles. The van der Waals surface area contributed by atoms with Crippen molar-refractivity contribution in [1.82, 2.24) is 0 Å². The van der Waals surface area contributed by atoms with Gasteiger partial charge < -0.3 is 9.15 Å². The molecule has 0 spiro atoms. The second-order valence-corrected chi connectivity index (χ2v) is 5.23. The van der Waals surface area contributed by atoms with Crippen LogP contribution in [-0.4, -0.2) is 13.1 Å². The second kappa shape index (κ2) is 5.73. The van der Waals surface area contributed by atoms with Crippen LogP contribution in [0.25, 0.3) is 11.3 Å². The maximum atomic E-state index is 12.9. The minimum absolute atomic E-state index is 0.0299. The summed E-state index contributed by atoms with van der Waals surface area (Å²) in [5.41, 5.74) is -0.861. The molecule has 0 radical (unpaired) electrons. The van der Waals surface area contributed by atoms with Gasteiger partial charge in [-0.25, -0.2) is 4.79 Å². The van der Waals surface area contributed by atoms with Crippen LogP contribution < -0.4 is 0 Å². The Kier molecular flexibility index (Phi) is 4.34. The summed E-state index contributed by atoms with van der Waals surface area (Å²) in [6.07, 6.45) is -4.55. The Bertz CT molecular complexity index is 694. The fourth-order valence-corrected chi connectivity index (χ4v) is 2.60. The van der Waals surface area contributed by atoms with Gasteiger partial charge in [0.1, 0.15) is 5.76 Å². The lowest BCUT2D eigenvalue weighted by atomic mass is 10.1. The molecule has 0 bridgehead atoms. The highest BCUT2D eigenvalue weighted by atomic mass is 79.9. The number of esters is 1. The number of rotatable bonds is 2. The van der Waals surface area contributed by atoms with Crippen LogP contribution in [0.3, 0.4) is 0 Å². The van der Waals surface area contributed by atoms with Gasteiger partial charge in [-0.2, -0.15) is 13.2 Å². The van der Waals surface area contributed by atoms with Gasteiger partial charge in [0, 0.05) is 10.0 Å². The van der Waals surface area contributed by atoms with E-state index in [4.69, 9.17) is 16.0 Å². The highest BCUT2D eigenvalue weighted by Crippen LogP contribution is 2.41. The fraction of sp³-hybridized carbons (Fsp3) is 0.154. The minimum atomic E-state index is -4.55. The molecule has 1 aromatic carbocycles. The van der Waals surface area contributed by atoms with E-state index in [1.807, 2.05) is 0 Å². The third kappa shape index (κ3) is 3.24. The lowest BCUT2D eigenvalue weighted by Crippen LogP contribution is -2.06. The first kappa shape index (κ1) is 15.9. The number of hydrogen-bond donors (Lipinski definition) is 0.